The first-order chi connectivity index (χ1) is 17.2. The highest BCUT2D eigenvalue weighted by Crippen LogP contribution is 2.44. The van der Waals surface area contributed by atoms with Crippen molar-refractivity contribution in [2.75, 3.05) is 19.7 Å². The average molecular weight is 492 g/mol. The van der Waals surface area contributed by atoms with Crippen LogP contribution in [-0.2, 0) is 14.3 Å². The molecule has 0 unspecified atom stereocenters. The van der Waals surface area contributed by atoms with E-state index in [0.717, 1.165) is 22.3 Å². The molecule has 190 valence electrons. The van der Waals surface area contributed by atoms with Crippen molar-refractivity contribution in [2.24, 2.45) is 0 Å². The molecule has 0 fully saturated rings. The molecule has 8 nitrogen and oxygen atoms in total. The number of amides is 3. The van der Waals surface area contributed by atoms with Crippen LogP contribution in [0, 0.1) is 12.3 Å². The minimum absolute atomic E-state index is 0.0228. The zero-order valence-electron chi connectivity index (χ0n) is 20.9. The molecule has 0 bridgehead atoms. The summed E-state index contributed by atoms with van der Waals surface area (Å²) in [5, 5.41) is 7.84. The van der Waals surface area contributed by atoms with Gasteiger partial charge in [0.1, 0.15) is 18.2 Å². The summed E-state index contributed by atoms with van der Waals surface area (Å²) in [6.07, 6.45) is 4.67. The van der Waals surface area contributed by atoms with E-state index in [1.54, 1.807) is 20.8 Å². The molecule has 3 N–H and O–H groups in total. The van der Waals surface area contributed by atoms with E-state index in [9.17, 15) is 14.4 Å². The first-order valence-corrected chi connectivity index (χ1v) is 12.0. The van der Waals surface area contributed by atoms with E-state index >= 15 is 0 Å². The number of benzene rings is 2. The number of rotatable bonds is 9. The van der Waals surface area contributed by atoms with Crippen LogP contribution in [0.5, 0.6) is 0 Å². The highest BCUT2D eigenvalue weighted by Gasteiger charge is 2.29. The highest BCUT2D eigenvalue weighted by molar-refractivity contribution is 5.85. The van der Waals surface area contributed by atoms with Crippen molar-refractivity contribution >= 4 is 18.1 Å². The first kappa shape index (κ1) is 26.6. The number of terminal acetylenes is 1. The topological polar surface area (TPSA) is 106 Å². The third-order valence-electron chi connectivity index (χ3n) is 5.65. The van der Waals surface area contributed by atoms with E-state index < -0.39 is 29.7 Å². The number of hydrogen-bond acceptors (Lipinski definition) is 5. The Morgan fingerprint density at radius 2 is 1.58 bits per heavy atom. The Hall–Kier alpha value is -3.99. The Labute approximate surface area is 212 Å². The number of carbonyl (C=O) groups excluding carboxylic acids is 3. The molecule has 0 radical (unpaired) electrons. The number of nitrogens with one attached hydrogen (secondary N) is 3. The minimum atomic E-state index is -0.850. The maximum absolute atomic E-state index is 12.4. The Morgan fingerprint density at radius 1 is 0.972 bits per heavy atom. The normalized spacial score (nSPS) is 12.9. The second kappa shape index (κ2) is 12.1. The standard InChI is InChI=1S/C28H33N3O5/c1-5-16-29-25(32)24(31-27(34)36-28(2,3)4)15-10-17-30-26(33)35-18-23-21-13-8-6-11-19(21)20-12-7-9-14-22(20)23/h1,6-9,11-14,23-24H,10,15-18H2,2-4H3,(H,29,32)(H,30,33)(H,31,34)/t24-/m0/s1. The van der Waals surface area contributed by atoms with Crippen LogP contribution in [0.2, 0.25) is 0 Å². The van der Waals surface area contributed by atoms with Crippen molar-refractivity contribution in [2.45, 2.75) is 51.2 Å². The monoisotopic (exact) mass is 491 g/mol. The minimum Gasteiger partial charge on any atom is -0.449 e. The van der Waals surface area contributed by atoms with Crippen molar-refractivity contribution in [3.05, 3.63) is 59.7 Å². The van der Waals surface area contributed by atoms with Crippen molar-refractivity contribution < 1.29 is 23.9 Å². The van der Waals surface area contributed by atoms with E-state index in [1.165, 1.54) is 0 Å². The molecular formula is C28H33N3O5. The van der Waals surface area contributed by atoms with E-state index in [0.29, 0.717) is 6.42 Å². The van der Waals surface area contributed by atoms with Gasteiger partial charge in [0.15, 0.2) is 0 Å². The molecule has 36 heavy (non-hydrogen) atoms. The van der Waals surface area contributed by atoms with E-state index in [-0.39, 0.29) is 32.0 Å². The highest BCUT2D eigenvalue weighted by atomic mass is 16.6. The van der Waals surface area contributed by atoms with Crippen LogP contribution < -0.4 is 16.0 Å². The van der Waals surface area contributed by atoms with Gasteiger partial charge in [-0.1, -0.05) is 54.5 Å². The SMILES string of the molecule is C#CCNC(=O)[C@H](CCCNC(=O)OCC1c2ccccc2-c2ccccc21)NC(=O)OC(C)(C)C. The van der Waals surface area contributed by atoms with Gasteiger partial charge < -0.3 is 25.4 Å². The van der Waals surface area contributed by atoms with Crippen LogP contribution >= 0.6 is 0 Å². The van der Waals surface area contributed by atoms with Crippen molar-refractivity contribution in [1.82, 2.24) is 16.0 Å². The molecule has 1 aliphatic rings. The molecule has 0 aliphatic heterocycles. The summed E-state index contributed by atoms with van der Waals surface area (Å²) in [5.41, 5.74) is 3.90. The maximum Gasteiger partial charge on any atom is 0.408 e. The Morgan fingerprint density at radius 3 is 2.17 bits per heavy atom. The van der Waals surface area contributed by atoms with Gasteiger partial charge in [0.05, 0.1) is 6.54 Å². The van der Waals surface area contributed by atoms with Crippen LogP contribution in [0.1, 0.15) is 50.7 Å². The second-order valence-corrected chi connectivity index (χ2v) is 9.52. The van der Waals surface area contributed by atoms with Crippen molar-refractivity contribution in [1.29, 1.82) is 0 Å². The van der Waals surface area contributed by atoms with Gasteiger partial charge in [-0.05, 0) is 55.9 Å². The van der Waals surface area contributed by atoms with Gasteiger partial charge >= 0.3 is 12.2 Å². The molecule has 3 amide bonds. The third kappa shape index (κ3) is 7.25. The molecule has 1 aliphatic carbocycles. The summed E-state index contributed by atoms with van der Waals surface area (Å²) >= 11 is 0. The first-order valence-electron chi connectivity index (χ1n) is 12.0. The van der Waals surface area contributed by atoms with Crippen LogP contribution in [-0.4, -0.2) is 49.4 Å². The summed E-state index contributed by atoms with van der Waals surface area (Å²) < 4.78 is 10.8. The molecule has 0 aromatic heterocycles. The zero-order valence-corrected chi connectivity index (χ0v) is 20.9. The quantitative estimate of drug-likeness (QED) is 0.364. The number of fused-ring (bicyclic) bond motifs is 3. The lowest BCUT2D eigenvalue weighted by molar-refractivity contribution is -0.123. The average Bonchev–Trinajstić information content (AvgIpc) is 3.15. The summed E-state index contributed by atoms with van der Waals surface area (Å²) in [7, 11) is 0. The predicted octanol–water partition coefficient (Wildman–Crippen LogP) is 3.95. The number of alkyl carbamates (subject to hydrolysis) is 2. The summed E-state index contributed by atoms with van der Waals surface area (Å²) in [5.74, 6) is 1.89. The molecular weight excluding hydrogens is 458 g/mol. The maximum atomic E-state index is 12.4. The molecule has 0 saturated carbocycles. The molecule has 3 rings (SSSR count). The van der Waals surface area contributed by atoms with Gasteiger partial charge in [-0.15, -0.1) is 6.42 Å². The number of ether oxygens (including phenoxy) is 2. The lowest BCUT2D eigenvalue weighted by Gasteiger charge is -2.23. The molecule has 2 aromatic carbocycles. The zero-order chi connectivity index (χ0) is 26.1. The Balaban J connectivity index is 1.48. The number of carbonyl (C=O) groups is 3. The summed E-state index contributed by atoms with van der Waals surface area (Å²) in [4.78, 5) is 36.9. The van der Waals surface area contributed by atoms with Gasteiger partial charge in [-0.2, -0.15) is 0 Å². The smallest absolute Gasteiger partial charge is 0.408 e. The molecule has 0 spiro atoms. The predicted molar refractivity (Wildman–Crippen MR) is 137 cm³/mol. The lowest BCUT2D eigenvalue weighted by atomic mass is 9.98. The fraction of sp³-hybridized carbons (Fsp3) is 0.393. The number of hydrogen-bond donors (Lipinski definition) is 3. The largest absolute Gasteiger partial charge is 0.449 e. The van der Waals surface area contributed by atoms with Crippen LogP contribution in [0.4, 0.5) is 9.59 Å². The Kier molecular flexibility index (Phi) is 8.96. The van der Waals surface area contributed by atoms with Crippen molar-refractivity contribution in [3.63, 3.8) is 0 Å². The van der Waals surface area contributed by atoms with Crippen LogP contribution in [0.3, 0.4) is 0 Å². The second-order valence-electron chi connectivity index (χ2n) is 9.52. The Bertz CT molecular complexity index is 1090. The molecule has 1 atom stereocenters. The van der Waals surface area contributed by atoms with Gasteiger partial charge in [-0.25, -0.2) is 9.59 Å². The van der Waals surface area contributed by atoms with Gasteiger partial charge in [0, 0.05) is 12.5 Å². The fourth-order valence-corrected chi connectivity index (χ4v) is 4.13. The molecule has 0 saturated heterocycles. The summed E-state index contributed by atoms with van der Waals surface area (Å²) in [6, 6.07) is 15.4. The fourth-order valence-electron chi connectivity index (χ4n) is 4.13. The van der Waals surface area contributed by atoms with Crippen molar-refractivity contribution in [3.8, 4) is 23.5 Å². The van der Waals surface area contributed by atoms with E-state index in [1.807, 2.05) is 24.3 Å². The van der Waals surface area contributed by atoms with E-state index in [4.69, 9.17) is 15.9 Å². The third-order valence-corrected chi connectivity index (χ3v) is 5.65. The molecule has 2 aromatic rings. The van der Waals surface area contributed by atoms with Gasteiger partial charge in [0.25, 0.3) is 0 Å². The van der Waals surface area contributed by atoms with Crippen LogP contribution in [0.25, 0.3) is 11.1 Å². The summed E-state index contributed by atoms with van der Waals surface area (Å²) in [6.45, 7) is 5.74. The van der Waals surface area contributed by atoms with Gasteiger partial charge in [0.2, 0.25) is 5.91 Å². The van der Waals surface area contributed by atoms with Gasteiger partial charge in [-0.3, -0.25) is 4.79 Å². The van der Waals surface area contributed by atoms with Crippen LogP contribution in [0.15, 0.2) is 48.5 Å². The van der Waals surface area contributed by atoms with E-state index in [2.05, 4.69) is 46.1 Å². The molecule has 0 heterocycles. The molecule has 8 heteroatoms. The lowest BCUT2D eigenvalue weighted by Crippen LogP contribution is -2.48.